The maximum atomic E-state index is 12.1. The number of fused-ring (bicyclic) bond motifs is 1. The summed E-state index contributed by atoms with van der Waals surface area (Å²) < 4.78 is 1.92. The van der Waals surface area contributed by atoms with E-state index in [1.807, 2.05) is 52.2 Å². The molecule has 1 amide bonds. The van der Waals surface area contributed by atoms with Gasteiger partial charge >= 0.3 is 0 Å². The molecular formula is C17H21N3O2S. The van der Waals surface area contributed by atoms with Gasteiger partial charge in [0.05, 0.1) is 23.7 Å². The third-order valence-electron chi connectivity index (χ3n) is 4.05. The largest absolute Gasteiger partial charge is 0.382 e. The van der Waals surface area contributed by atoms with Gasteiger partial charge in [0.2, 0.25) is 5.91 Å². The van der Waals surface area contributed by atoms with Gasteiger partial charge in [-0.3, -0.25) is 9.48 Å². The Balaban J connectivity index is 1.81. The molecule has 1 aromatic carbocycles. The van der Waals surface area contributed by atoms with Gasteiger partial charge < -0.3 is 10.0 Å². The minimum Gasteiger partial charge on any atom is -0.382 e. The minimum absolute atomic E-state index is 0.164. The highest BCUT2D eigenvalue weighted by atomic mass is 32.2. The molecule has 0 saturated carbocycles. The summed E-state index contributed by atoms with van der Waals surface area (Å²) in [6, 6.07) is 11.4. The van der Waals surface area contributed by atoms with Crippen molar-refractivity contribution >= 4 is 17.7 Å². The summed E-state index contributed by atoms with van der Waals surface area (Å²) in [4.78, 5) is 14.0. The van der Waals surface area contributed by atoms with Gasteiger partial charge in [-0.1, -0.05) is 30.3 Å². The highest BCUT2D eigenvalue weighted by Gasteiger charge is 2.22. The quantitative estimate of drug-likeness (QED) is 0.932. The van der Waals surface area contributed by atoms with E-state index in [1.165, 1.54) is 0 Å². The van der Waals surface area contributed by atoms with E-state index in [4.69, 9.17) is 0 Å². The molecule has 6 heteroatoms. The summed E-state index contributed by atoms with van der Waals surface area (Å²) in [6.07, 6.45) is 2.09. The molecule has 0 unspecified atom stereocenters. The zero-order chi connectivity index (χ0) is 16.2. The number of aryl methyl sites for hydroxylation is 1. The predicted molar refractivity (Wildman–Crippen MR) is 91.1 cm³/mol. The Morgan fingerprint density at radius 3 is 2.87 bits per heavy atom. The standard InChI is InChI=1S/C17H21N3O2S/c1-23-12-16(21)19-8-5-9-20-14(11-19)10-15(18-20)17(22)13-6-3-2-4-7-13/h2-4,6-7,10,17,22H,5,8-9,11-12H2,1H3/t17-/m1/s1. The molecule has 1 aliphatic heterocycles. The number of hydrogen-bond donors (Lipinski definition) is 1. The van der Waals surface area contributed by atoms with Crippen molar-refractivity contribution < 1.29 is 9.90 Å². The summed E-state index contributed by atoms with van der Waals surface area (Å²) in [5, 5.41) is 15.1. The normalized spacial score (nSPS) is 15.8. The second kappa shape index (κ2) is 7.19. The van der Waals surface area contributed by atoms with Gasteiger partial charge in [0.15, 0.2) is 0 Å². The molecule has 23 heavy (non-hydrogen) atoms. The maximum absolute atomic E-state index is 12.1. The average Bonchev–Trinajstić information content (AvgIpc) is 2.86. The lowest BCUT2D eigenvalue weighted by molar-refractivity contribution is -0.128. The van der Waals surface area contributed by atoms with E-state index in [0.717, 1.165) is 30.8 Å². The number of amides is 1. The molecule has 0 radical (unpaired) electrons. The molecule has 122 valence electrons. The van der Waals surface area contributed by atoms with Gasteiger partial charge in [-0.2, -0.15) is 16.9 Å². The Kier molecular flexibility index (Phi) is 5.03. The Labute approximate surface area is 140 Å². The van der Waals surface area contributed by atoms with E-state index >= 15 is 0 Å². The van der Waals surface area contributed by atoms with Gasteiger partial charge in [-0.25, -0.2) is 0 Å². The predicted octanol–water partition coefficient (Wildman–Crippen LogP) is 2.06. The number of aliphatic hydroxyl groups is 1. The monoisotopic (exact) mass is 331 g/mol. The van der Waals surface area contributed by atoms with Crippen LogP contribution in [0.5, 0.6) is 0 Å². The van der Waals surface area contributed by atoms with Crippen molar-refractivity contribution in [2.24, 2.45) is 0 Å². The second-order valence-corrected chi connectivity index (χ2v) is 6.56. The molecule has 3 rings (SSSR count). The van der Waals surface area contributed by atoms with Crippen molar-refractivity contribution in [2.45, 2.75) is 25.6 Å². The second-order valence-electron chi connectivity index (χ2n) is 5.70. The van der Waals surface area contributed by atoms with Gasteiger partial charge in [0, 0.05) is 13.1 Å². The van der Waals surface area contributed by atoms with Crippen LogP contribution in [0.1, 0.15) is 29.5 Å². The van der Waals surface area contributed by atoms with E-state index in [2.05, 4.69) is 5.10 Å². The molecular weight excluding hydrogens is 310 g/mol. The number of rotatable bonds is 4. The first-order chi connectivity index (χ1) is 11.2. The zero-order valence-electron chi connectivity index (χ0n) is 13.2. The molecule has 0 spiro atoms. The topological polar surface area (TPSA) is 58.4 Å². The van der Waals surface area contributed by atoms with Crippen molar-refractivity contribution in [1.82, 2.24) is 14.7 Å². The van der Waals surface area contributed by atoms with Gasteiger partial charge in [-0.05, 0) is 24.3 Å². The number of benzene rings is 1. The van der Waals surface area contributed by atoms with E-state index in [-0.39, 0.29) is 5.91 Å². The Morgan fingerprint density at radius 1 is 1.35 bits per heavy atom. The van der Waals surface area contributed by atoms with E-state index in [1.54, 1.807) is 11.8 Å². The van der Waals surface area contributed by atoms with Crippen LogP contribution in [0.3, 0.4) is 0 Å². The number of carbonyl (C=O) groups is 1. The number of nitrogens with zero attached hydrogens (tertiary/aromatic N) is 3. The molecule has 2 heterocycles. The molecule has 0 aliphatic carbocycles. The summed E-state index contributed by atoms with van der Waals surface area (Å²) in [6.45, 7) is 2.10. The number of hydrogen-bond acceptors (Lipinski definition) is 4. The summed E-state index contributed by atoms with van der Waals surface area (Å²) in [5.41, 5.74) is 2.46. The van der Waals surface area contributed by atoms with Crippen molar-refractivity contribution in [2.75, 3.05) is 18.6 Å². The van der Waals surface area contributed by atoms with Crippen LogP contribution in [-0.4, -0.2) is 44.2 Å². The van der Waals surface area contributed by atoms with Crippen LogP contribution in [-0.2, 0) is 17.9 Å². The Hall–Kier alpha value is -1.79. The van der Waals surface area contributed by atoms with Crippen LogP contribution < -0.4 is 0 Å². The van der Waals surface area contributed by atoms with Gasteiger partial charge in [0.1, 0.15) is 6.10 Å². The fourth-order valence-electron chi connectivity index (χ4n) is 2.85. The van der Waals surface area contributed by atoms with E-state index < -0.39 is 6.10 Å². The Morgan fingerprint density at radius 2 is 2.13 bits per heavy atom. The lowest BCUT2D eigenvalue weighted by atomic mass is 10.1. The zero-order valence-corrected chi connectivity index (χ0v) is 14.0. The SMILES string of the molecule is CSCC(=O)N1CCCn2nc([C@H](O)c3ccccc3)cc2C1. The molecule has 0 saturated heterocycles. The number of thioether (sulfide) groups is 1. The highest BCUT2D eigenvalue weighted by Crippen LogP contribution is 2.23. The maximum Gasteiger partial charge on any atom is 0.232 e. The average molecular weight is 331 g/mol. The van der Waals surface area contributed by atoms with Crippen LogP contribution >= 0.6 is 11.8 Å². The third kappa shape index (κ3) is 3.59. The molecule has 1 aliphatic rings. The smallest absolute Gasteiger partial charge is 0.232 e. The number of carbonyl (C=O) groups excluding carboxylic acids is 1. The molecule has 1 aromatic heterocycles. The van der Waals surface area contributed by atoms with E-state index in [9.17, 15) is 9.90 Å². The summed E-state index contributed by atoms with van der Waals surface area (Å²) in [5.74, 6) is 0.672. The van der Waals surface area contributed by atoms with Gasteiger partial charge in [0.25, 0.3) is 0 Å². The number of aromatic nitrogens is 2. The number of aliphatic hydroxyl groups excluding tert-OH is 1. The highest BCUT2D eigenvalue weighted by molar-refractivity contribution is 7.99. The van der Waals surface area contributed by atoms with Crippen LogP contribution in [0, 0.1) is 0 Å². The van der Waals surface area contributed by atoms with E-state index in [0.29, 0.717) is 18.0 Å². The third-order valence-corrected chi connectivity index (χ3v) is 4.58. The first-order valence-electron chi connectivity index (χ1n) is 7.75. The molecule has 1 atom stereocenters. The minimum atomic E-state index is -0.731. The van der Waals surface area contributed by atoms with Crippen LogP contribution in [0.2, 0.25) is 0 Å². The van der Waals surface area contributed by atoms with Crippen molar-refractivity contribution in [3.05, 3.63) is 53.3 Å². The van der Waals surface area contributed by atoms with Crippen LogP contribution in [0.4, 0.5) is 0 Å². The van der Waals surface area contributed by atoms with Crippen molar-refractivity contribution in [3.8, 4) is 0 Å². The fourth-order valence-corrected chi connectivity index (χ4v) is 3.28. The summed E-state index contributed by atoms with van der Waals surface area (Å²) in [7, 11) is 0. The first-order valence-corrected chi connectivity index (χ1v) is 9.15. The van der Waals surface area contributed by atoms with Crippen LogP contribution in [0.25, 0.3) is 0 Å². The molecule has 5 nitrogen and oxygen atoms in total. The molecule has 0 fully saturated rings. The van der Waals surface area contributed by atoms with Crippen LogP contribution in [0.15, 0.2) is 36.4 Å². The first kappa shape index (κ1) is 16.1. The lowest BCUT2D eigenvalue weighted by Crippen LogP contribution is -2.32. The van der Waals surface area contributed by atoms with Crippen molar-refractivity contribution in [1.29, 1.82) is 0 Å². The van der Waals surface area contributed by atoms with Gasteiger partial charge in [-0.15, -0.1) is 0 Å². The molecule has 2 aromatic rings. The van der Waals surface area contributed by atoms with Crippen molar-refractivity contribution in [3.63, 3.8) is 0 Å². The molecule has 1 N–H and O–H groups in total. The Bertz CT molecular complexity index is 672. The summed E-state index contributed by atoms with van der Waals surface area (Å²) >= 11 is 1.55. The fraction of sp³-hybridized carbons (Fsp3) is 0.412. The lowest BCUT2D eigenvalue weighted by Gasteiger charge is -2.19. The molecule has 0 bridgehead atoms.